The lowest BCUT2D eigenvalue weighted by Crippen LogP contribution is -2.51. The quantitative estimate of drug-likeness (QED) is 0.861. The van der Waals surface area contributed by atoms with Crippen molar-refractivity contribution in [2.45, 2.75) is 38.3 Å². The van der Waals surface area contributed by atoms with E-state index in [1.54, 1.807) is 6.92 Å². The van der Waals surface area contributed by atoms with Gasteiger partial charge in [0.15, 0.2) is 0 Å². The number of benzene rings is 1. The Morgan fingerprint density at radius 1 is 1.41 bits per heavy atom. The molecule has 0 heterocycles. The minimum atomic E-state index is -0.917. The second-order valence-corrected chi connectivity index (χ2v) is 4.89. The zero-order chi connectivity index (χ0) is 12.5. The van der Waals surface area contributed by atoms with E-state index in [2.05, 4.69) is 0 Å². The van der Waals surface area contributed by atoms with Gasteiger partial charge in [0.2, 0.25) is 5.91 Å². The van der Waals surface area contributed by atoms with Gasteiger partial charge in [-0.2, -0.15) is 0 Å². The number of carbonyl (C=O) groups excluding carboxylic acids is 1. The van der Waals surface area contributed by atoms with E-state index in [-0.39, 0.29) is 5.91 Å². The summed E-state index contributed by atoms with van der Waals surface area (Å²) < 4.78 is 0. The third-order valence-electron chi connectivity index (χ3n) is 3.41. The zero-order valence-corrected chi connectivity index (χ0v) is 10.5. The smallest absolute Gasteiger partial charge is 0.247 e. The molecule has 92 valence electrons. The van der Waals surface area contributed by atoms with E-state index in [9.17, 15) is 4.79 Å². The van der Waals surface area contributed by atoms with Crippen LogP contribution in [0.25, 0.3) is 0 Å². The maximum atomic E-state index is 12.5. The molecular weight excluding hydrogens is 212 g/mol. The van der Waals surface area contributed by atoms with E-state index in [0.717, 1.165) is 24.9 Å². The first-order valence-corrected chi connectivity index (χ1v) is 6.23. The van der Waals surface area contributed by atoms with Crippen LogP contribution in [0.1, 0.15) is 32.3 Å². The molecule has 0 radical (unpaired) electrons. The van der Waals surface area contributed by atoms with Gasteiger partial charge in [-0.1, -0.05) is 30.3 Å². The minimum Gasteiger partial charge on any atom is -0.338 e. The molecule has 1 saturated carbocycles. The van der Waals surface area contributed by atoms with Gasteiger partial charge in [0.25, 0.3) is 0 Å². The maximum absolute atomic E-state index is 12.5. The SMILES string of the molecule is CCN(C(=O)C(C)(N)c1ccccc1)C1CC1. The molecule has 0 saturated heterocycles. The predicted molar refractivity (Wildman–Crippen MR) is 68.4 cm³/mol. The molecule has 1 aliphatic rings. The zero-order valence-electron chi connectivity index (χ0n) is 10.5. The minimum absolute atomic E-state index is 0.0358. The Labute approximate surface area is 103 Å². The van der Waals surface area contributed by atoms with Crippen molar-refractivity contribution in [1.82, 2.24) is 4.90 Å². The summed E-state index contributed by atoms with van der Waals surface area (Å²) >= 11 is 0. The van der Waals surface area contributed by atoms with E-state index < -0.39 is 5.54 Å². The fourth-order valence-corrected chi connectivity index (χ4v) is 2.16. The third-order valence-corrected chi connectivity index (χ3v) is 3.41. The van der Waals surface area contributed by atoms with Gasteiger partial charge < -0.3 is 10.6 Å². The normalized spacial score (nSPS) is 18.5. The van der Waals surface area contributed by atoms with Gasteiger partial charge in [-0.05, 0) is 32.3 Å². The van der Waals surface area contributed by atoms with Crippen LogP contribution in [0.15, 0.2) is 30.3 Å². The standard InChI is InChI=1S/C14H20N2O/c1-3-16(12-9-10-12)13(17)14(2,15)11-7-5-4-6-8-11/h4-8,12H,3,9-10,15H2,1-2H3. The van der Waals surface area contributed by atoms with E-state index >= 15 is 0 Å². The summed E-state index contributed by atoms with van der Waals surface area (Å²) in [5.41, 5.74) is 6.19. The van der Waals surface area contributed by atoms with Crippen LogP contribution in [-0.4, -0.2) is 23.4 Å². The van der Waals surface area contributed by atoms with Gasteiger partial charge in [-0.15, -0.1) is 0 Å². The molecule has 1 amide bonds. The second kappa shape index (κ2) is 4.49. The molecule has 3 nitrogen and oxygen atoms in total. The van der Waals surface area contributed by atoms with Crippen LogP contribution < -0.4 is 5.73 Å². The van der Waals surface area contributed by atoms with Crippen LogP contribution in [-0.2, 0) is 10.3 Å². The van der Waals surface area contributed by atoms with Gasteiger partial charge >= 0.3 is 0 Å². The number of likely N-dealkylation sites (N-methyl/N-ethyl adjacent to an activating group) is 1. The first-order valence-electron chi connectivity index (χ1n) is 6.23. The summed E-state index contributed by atoms with van der Waals surface area (Å²) in [6.45, 7) is 4.55. The molecule has 1 fully saturated rings. The Hall–Kier alpha value is -1.35. The fraction of sp³-hybridized carbons (Fsp3) is 0.500. The highest BCUT2D eigenvalue weighted by atomic mass is 16.2. The summed E-state index contributed by atoms with van der Waals surface area (Å²) in [6.07, 6.45) is 2.23. The largest absolute Gasteiger partial charge is 0.338 e. The monoisotopic (exact) mass is 232 g/mol. The molecule has 0 aliphatic heterocycles. The Morgan fingerprint density at radius 2 is 2.00 bits per heavy atom. The third kappa shape index (κ3) is 2.34. The lowest BCUT2D eigenvalue weighted by molar-refractivity contribution is -0.137. The summed E-state index contributed by atoms with van der Waals surface area (Å²) in [6, 6.07) is 10.0. The molecule has 1 aromatic carbocycles. The van der Waals surface area contributed by atoms with Crippen molar-refractivity contribution >= 4 is 5.91 Å². The lowest BCUT2D eigenvalue weighted by atomic mass is 9.91. The molecule has 3 heteroatoms. The van der Waals surface area contributed by atoms with Gasteiger partial charge in [-0.3, -0.25) is 4.79 Å². The van der Waals surface area contributed by atoms with Crippen LogP contribution in [0.5, 0.6) is 0 Å². The number of nitrogens with zero attached hydrogens (tertiary/aromatic N) is 1. The summed E-state index contributed by atoms with van der Waals surface area (Å²) in [7, 11) is 0. The average molecular weight is 232 g/mol. The highest BCUT2D eigenvalue weighted by Crippen LogP contribution is 2.30. The van der Waals surface area contributed by atoms with E-state index in [0.29, 0.717) is 6.04 Å². The van der Waals surface area contributed by atoms with Gasteiger partial charge in [0, 0.05) is 12.6 Å². The summed E-state index contributed by atoms with van der Waals surface area (Å²) in [5, 5.41) is 0. The molecular formula is C14H20N2O. The molecule has 17 heavy (non-hydrogen) atoms. The molecule has 0 spiro atoms. The van der Waals surface area contributed by atoms with Crippen LogP contribution in [0.4, 0.5) is 0 Å². The van der Waals surface area contributed by atoms with Gasteiger partial charge in [0.05, 0.1) is 0 Å². The van der Waals surface area contributed by atoms with Crippen molar-refractivity contribution in [1.29, 1.82) is 0 Å². The molecule has 0 bridgehead atoms. The first-order chi connectivity index (χ1) is 8.07. The van der Waals surface area contributed by atoms with Crippen LogP contribution in [0, 0.1) is 0 Å². The fourth-order valence-electron chi connectivity index (χ4n) is 2.16. The molecule has 1 aliphatic carbocycles. The van der Waals surface area contributed by atoms with Gasteiger partial charge in [0.1, 0.15) is 5.54 Å². The molecule has 1 unspecified atom stereocenters. The highest BCUT2D eigenvalue weighted by Gasteiger charge is 2.40. The Balaban J connectivity index is 2.22. The molecule has 1 atom stereocenters. The maximum Gasteiger partial charge on any atom is 0.247 e. The molecule has 0 aromatic heterocycles. The summed E-state index contributed by atoms with van der Waals surface area (Å²) in [4.78, 5) is 14.4. The molecule has 2 N–H and O–H groups in total. The topological polar surface area (TPSA) is 46.3 Å². The second-order valence-electron chi connectivity index (χ2n) is 4.89. The van der Waals surface area contributed by atoms with Crippen molar-refractivity contribution < 1.29 is 4.79 Å². The number of amides is 1. The number of hydrogen-bond acceptors (Lipinski definition) is 2. The Kier molecular flexibility index (Phi) is 3.20. The van der Waals surface area contributed by atoms with Gasteiger partial charge in [-0.25, -0.2) is 0 Å². The Bertz CT molecular complexity index is 396. The summed E-state index contributed by atoms with van der Waals surface area (Å²) in [5.74, 6) is 0.0358. The number of nitrogens with two attached hydrogens (primary N) is 1. The van der Waals surface area contributed by atoms with Crippen molar-refractivity contribution in [2.75, 3.05) is 6.54 Å². The van der Waals surface area contributed by atoms with Crippen molar-refractivity contribution in [3.8, 4) is 0 Å². The Morgan fingerprint density at radius 3 is 2.47 bits per heavy atom. The predicted octanol–water partition coefficient (Wildman–Crippen LogP) is 1.87. The number of rotatable bonds is 4. The van der Waals surface area contributed by atoms with Crippen molar-refractivity contribution in [3.63, 3.8) is 0 Å². The van der Waals surface area contributed by atoms with E-state index in [1.165, 1.54) is 0 Å². The average Bonchev–Trinajstić information content (AvgIpc) is 3.15. The van der Waals surface area contributed by atoms with E-state index in [1.807, 2.05) is 42.2 Å². The number of carbonyl (C=O) groups is 1. The molecule has 1 aromatic rings. The number of hydrogen-bond donors (Lipinski definition) is 1. The van der Waals surface area contributed by atoms with Crippen LogP contribution in [0.2, 0.25) is 0 Å². The van der Waals surface area contributed by atoms with Crippen LogP contribution in [0.3, 0.4) is 0 Å². The van der Waals surface area contributed by atoms with Crippen LogP contribution >= 0.6 is 0 Å². The first kappa shape index (κ1) is 12.1. The molecule has 2 rings (SSSR count). The van der Waals surface area contributed by atoms with Crippen molar-refractivity contribution in [2.24, 2.45) is 5.73 Å². The van der Waals surface area contributed by atoms with E-state index in [4.69, 9.17) is 5.73 Å². The highest BCUT2D eigenvalue weighted by molar-refractivity contribution is 5.87. The lowest BCUT2D eigenvalue weighted by Gasteiger charge is -2.31. The van der Waals surface area contributed by atoms with Crippen molar-refractivity contribution in [3.05, 3.63) is 35.9 Å².